The van der Waals surface area contributed by atoms with Crippen molar-refractivity contribution in [3.63, 3.8) is 0 Å². The summed E-state index contributed by atoms with van der Waals surface area (Å²) in [6, 6.07) is 16.0. The van der Waals surface area contributed by atoms with E-state index in [0.717, 1.165) is 0 Å². The van der Waals surface area contributed by atoms with E-state index < -0.39 is 24.5 Å². The molecule has 1 aliphatic carbocycles. The third-order valence-electron chi connectivity index (χ3n) is 5.35. The maximum atomic E-state index is 12.9. The van der Waals surface area contributed by atoms with Crippen LogP contribution in [0.4, 0.5) is 5.69 Å². The Morgan fingerprint density at radius 2 is 1.48 bits per heavy atom. The molecule has 0 spiro atoms. The molecule has 0 saturated carbocycles. The smallest absolute Gasteiger partial charge is 0.252 e. The number of anilines is 1. The van der Waals surface area contributed by atoms with Gasteiger partial charge in [0.05, 0.1) is 13.7 Å². The van der Waals surface area contributed by atoms with E-state index in [1.54, 1.807) is 48.5 Å². The molecular formula is C25H20N2O6. The van der Waals surface area contributed by atoms with Crippen molar-refractivity contribution < 1.29 is 29.0 Å². The normalized spacial score (nSPS) is 12.9. The molecule has 0 heterocycles. The lowest BCUT2D eigenvalue weighted by atomic mass is 9.83. The van der Waals surface area contributed by atoms with Crippen LogP contribution in [0.1, 0.15) is 42.2 Å². The van der Waals surface area contributed by atoms with Gasteiger partial charge in [0.15, 0.2) is 11.6 Å². The van der Waals surface area contributed by atoms with Crippen LogP contribution in [-0.4, -0.2) is 48.2 Å². The van der Waals surface area contributed by atoms with E-state index in [-0.39, 0.29) is 33.8 Å². The Labute approximate surface area is 189 Å². The minimum Gasteiger partial charge on any atom is -0.497 e. The van der Waals surface area contributed by atoms with Gasteiger partial charge in [-0.25, -0.2) is 0 Å². The molecule has 166 valence electrons. The average molecular weight is 444 g/mol. The lowest BCUT2D eigenvalue weighted by Gasteiger charge is -2.19. The number of fused-ring (bicyclic) bond motifs is 2. The Kier molecular flexibility index (Phi) is 6.01. The third-order valence-corrected chi connectivity index (χ3v) is 5.35. The summed E-state index contributed by atoms with van der Waals surface area (Å²) >= 11 is 0. The van der Waals surface area contributed by atoms with Crippen molar-refractivity contribution in [1.82, 2.24) is 5.32 Å². The van der Waals surface area contributed by atoms with Crippen molar-refractivity contribution in [1.29, 1.82) is 0 Å². The standard InChI is InChI=1S/C25H20N2O6/c1-33-16-9-7-15(8-10-16)26-25(32)21(13-28)27-24(31)14-6-11-19-20(12-14)23(30)18-5-3-2-4-17(18)22(19)29/h2-12,21,28H,13H2,1H3,(H,26,32)(H,27,31). The molecule has 1 unspecified atom stereocenters. The Hall–Kier alpha value is -4.30. The third kappa shape index (κ3) is 4.24. The van der Waals surface area contributed by atoms with Gasteiger partial charge in [0.25, 0.3) is 5.91 Å². The molecule has 0 bridgehead atoms. The molecule has 8 heteroatoms. The second kappa shape index (κ2) is 9.05. The Balaban J connectivity index is 1.51. The van der Waals surface area contributed by atoms with E-state index in [2.05, 4.69) is 10.6 Å². The molecule has 1 atom stereocenters. The summed E-state index contributed by atoms with van der Waals surface area (Å²) in [7, 11) is 1.52. The Bertz CT molecular complexity index is 1270. The molecule has 3 N–H and O–H groups in total. The first-order valence-electron chi connectivity index (χ1n) is 10.1. The van der Waals surface area contributed by atoms with Crippen molar-refractivity contribution >= 4 is 29.1 Å². The summed E-state index contributed by atoms with van der Waals surface area (Å²) < 4.78 is 5.06. The number of carbonyl (C=O) groups excluding carboxylic acids is 4. The van der Waals surface area contributed by atoms with Crippen LogP contribution in [0.5, 0.6) is 5.75 Å². The van der Waals surface area contributed by atoms with Crippen LogP contribution in [0.15, 0.2) is 66.7 Å². The molecule has 3 aromatic rings. The second-order valence-electron chi connectivity index (χ2n) is 7.39. The second-order valence-corrected chi connectivity index (χ2v) is 7.39. The van der Waals surface area contributed by atoms with E-state index in [1.807, 2.05) is 0 Å². The molecule has 4 rings (SSSR count). The van der Waals surface area contributed by atoms with Crippen molar-refractivity contribution in [2.75, 3.05) is 19.0 Å². The van der Waals surface area contributed by atoms with E-state index in [1.165, 1.54) is 25.3 Å². The summed E-state index contributed by atoms with van der Waals surface area (Å²) in [5.74, 6) is -1.32. The van der Waals surface area contributed by atoms with Gasteiger partial charge in [0.1, 0.15) is 11.8 Å². The van der Waals surface area contributed by atoms with Crippen molar-refractivity contribution in [2.45, 2.75) is 6.04 Å². The zero-order valence-corrected chi connectivity index (χ0v) is 17.6. The summed E-state index contributed by atoms with van der Waals surface area (Å²) in [5, 5.41) is 14.7. The minimum absolute atomic E-state index is 0.0879. The van der Waals surface area contributed by atoms with E-state index >= 15 is 0 Å². The summed E-state index contributed by atoms with van der Waals surface area (Å²) in [6.45, 7) is -0.635. The highest BCUT2D eigenvalue weighted by molar-refractivity contribution is 6.28. The molecule has 1 aliphatic rings. The molecule has 0 saturated heterocycles. The van der Waals surface area contributed by atoms with Crippen LogP contribution in [0.3, 0.4) is 0 Å². The molecule has 3 aromatic carbocycles. The van der Waals surface area contributed by atoms with Gasteiger partial charge in [-0.3, -0.25) is 19.2 Å². The van der Waals surface area contributed by atoms with Gasteiger partial charge in [0.2, 0.25) is 5.91 Å². The lowest BCUT2D eigenvalue weighted by molar-refractivity contribution is -0.118. The van der Waals surface area contributed by atoms with Gasteiger partial charge in [-0.1, -0.05) is 24.3 Å². The number of rotatable bonds is 6. The highest BCUT2D eigenvalue weighted by Crippen LogP contribution is 2.28. The fraction of sp³-hybridized carbons (Fsp3) is 0.120. The number of ether oxygens (including phenoxy) is 1. The minimum atomic E-state index is -1.23. The number of hydrogen-bond donors (Lipinski definition) is 3. The number of aliphatic hydroxyl groups is 1. The SMILES string of the molecule is COc1ccc(NC(=O)C(CO)NC(=O)c2ccc3c(c2)C(=O)c2ccccc2C3=O)cc1. The highest BCUT2D eigenvalue weighted by Gasteiger charge is 2.30. The van der Waals surface area contributed by atoms with Crippen LogP contribution in [0.25, 0.3) is 0 Å². The lowest BCUT2D eigenvalue weighted by Crippen LogP contribution is -2.46. The molecule has 33 heavy (non-hydrogen) atoms. The maximum Gasteiger partial charge on any atom is 0.252 e. The fourth-order valence-corrected chi connectivity index (χ4v) is 3.58. The zero-order valence-electron chi connectivity index (χ0n) is 17.6. The summed E-state index contributed by atoms with van der Waals surface area (Å²) in [4.78, 5) is 50.9. The molecule has 0 aliphatic heterocycles. The molecule has 2 amide bonds. The van der Waals surface area contributed by atoms with Gasteiger partial charge in [-0.15, -0.1) is 0 Å². The summed E-state index contributed by atoms with van der Waals surface area (Å²) in [6.07, 6.45) is 0. The fourth-order valence-electron chi connectivity index (χ4n) is 3.58. The van der Waals surface area contributed by atoms with Crippen LogP contribution < -0.4 is 15.4 Å². The number of amides is 2. The number of ketones is 2. The van der Waals surface area contributed by atoms with E-state index in [9.17, 15) is 24.3 Å². The Morgan fingerprint density at radius 1 is 0.879 bits per heavy atom. The van der Waals surface area contributed by atoms with Gasteiger partial charge in [-0.2, -0.15) is 0 Å². The number of methoxy groups -OCH3 is 1. The highest BCUT2D eigenvalue weighted by atomic mass is 16.5. The van der Waals surface area contributed by atoms with Gasteiger partial charge in [0, 0.05) is 33.5 Å². The van der Waals surface area contributed by atoms with Gasteiger partial charge in [-0.05, 0) is 42.5 Å². The van der Waals surface area contributed by atoms with Crippen LogP contribution in [0, 0.1) is 0 Å². The Morgan fingerprint density at radius 3 is 2.09 bits per heavy atom. The van der Waals surface area contributed by atoms with Crippen molar-refractivity contribution in [3.8, 4) is 5.75 Å². The summed E-state index contributed by atoms with van der Waals surface area (Å²) in [5.41, 5.74) is 1.48. The topological polar surface area (TPSA) is 122 Å². The largest absolute Gasteiger partial charge is 0.497 e. The molecule has 8 nitrogen and oxygen atoms in total. The predicted octanol–water partition coefficient (Wildman–Crippen LogP) is 2.20. The number of carbonyl (C=O) groups is 4. The maximum absolute atomic E-state index is 12.9. The molecule has 0 radical (unpaired) electrons. The quantitative estimate of drug-likeness (QED) is 0.419. The first kappa shape index (κ1) is 21.9. The monoisotopic (exact) mass is 444 g/mol. The van der Waals surface area contributed by atoms with Gasteiger partial charge < -0.3 is 20.5 Å². The molecule has 0 fully saturated rings. The van der Waals surface area contributed by atoms with E-state index in [0.29, 0.717) is 17.0 Å². The number of aliphatic hydroxyl groups excluding tert-OH is 1. The van der Waals surface area contributed by atoms with Crippen LogP contribution in [0.2, 0.25) is 0 Å². The number of benzene rings is 3. The van der Waals surface area contributed by atoms with E-state index in [4.69, 9.17) is 4.74 Å². The zero-order chi connectivity index (χ0) is 23.5. The molecular weight excluding hydrogens is 424 g/mol. The average Bonchev–Trinajstić information content (AvgIpc) is 2.85. The van der Waals surface area contributed by atoms with Crippen LogP contribution in [-0.2, 0) is 4.79 Å². The van der Waals surface area contributed by atoms with Crippen molar-refractivity contribution in [2.24, 2.45) is 0 Å². The number of nitrogens with one attached hydrogen (secondary N) is 2. The number of hydrogen-bond acceptors (Lipinski definition) is 6. The first-order valence-corrected chi connectivity index (χ1v) is 10.1. The first-order chi connectivity index (χ1) is 15.9. The van der Waals surface area contributed by atoms with Crippen molar-refractivity contribution in [3.05, 3.63) is 94.5 Å². The van der Waals surface area contributed by atoms with Gasteiger partial charge >= 0.3 is 0 Å². The molecule has 0 aromatic heterocycles. The predicted molar refractivity (Wildman–Crippen MR) is 120 cm³/mol. The van der Waals surface area contributed by atoms with Crippen LogP contribution >= 0.6 is 0 Å².